The minimum Gasteiger partial charge on any atom is -0.352 e. The van der Waals surface area contributed by atoms with Crippen molar-refractivity contribution < 1.29 is 9.59 Å². The van der Waals surface area contributed by atoms with Gasteiger partial charge in [-0.2, -0.15) is 0 Å². The van der Waals surface area contributed by atoms with Gasteiger partial charge in [-0.1, -0.05) is 42.0 Å². The summed E-state index contributed by atoms with van der Waals surface area (Å²) >= 11 is 0. The molecule has 3 atom stereocenters. The second kappa shape index (κ2) is 6.70. The molecule has 0 aromatic heterocycles. The highest BCUT2D eigenvalue weighted by Gasteiger charge is 2.65. The third kappa shape index (κ3) is 2.64. The van der Waals surface area contributed by atoms with Crippen LogP contribution in [0.15, 0.2) is 42.5 Å². The van der Waals surface area contributed by atoms with Gasteiger partial charge in [0.05, 0.1) is 5.92 Å². The molecule has 0 saturated carbocycles. The molecular formula is C24H27N3O2. The lowest BCUT2D eigenvalue weighted by Crippen LogP contribution is -2.54. The van der Waals surface area contributed by atoms with E-state index < -0.39 is 5.54 Å². The van der Waals surface area contributed by atoms with Crippen molar-refractivity contribution in [3.05, 3.63) is 64.7 Å². The normalized spacial score (nSPS) is 27.7. The number of amides is 2. The van der Waals surface area contributed by atoms with Gasteiger partial charge in [0.15, 0.2) is 0 Å². The van der Waals surface area contributed by atoms with Gasteiger partial charge in [-0.15, -0.1) is 0 Å². The van der Waals surface area contributed by atoms with Crippen LogP contribution in [0.3, 0.4) is 0 Å². The van der Waals surface area contributed by atoms with Gasteiger partial charge in [0.2, 0.25) is 11.8 Å². The van der Waals surface area contributed by atoms with Crippen LogP contribution < -0.4 is 10.6 Å². The predicted molar refractivity (Wildman–Crippen MR) is 112 cm³/mol. The number of para-hydroxylation sites is 1. The molecule has 2 amide bonds. The molecule has 150 valence electrons. The number of hydrogen-bond acceptors (Lipinski definition) is 3. The molecule has 5 nitrogen and oxygen atoms in total. The van der Waals surface area contributed by atoms with E-state index in [0.29, 0.717) is 12.6 Å². The molecule has 5 rings (SSSR count). The minimum atomic E-state index is -0.872. The molecule has 0 radical (unpaired) electrons. The molecule has 0 aliphatic carbocycles. The second-order valence-corrected chi connectivity index (χ2v) is 8.69. The zero-order chi connectivity index (χ0) is 20.2. The van der Waals surface area contributed by atoms with E-state index in [9.17, 15) is 9.59 Å². The number of aryl methyl sites for hydroxylation is 2. The van der Waals surface area contributed by atoms with Gasteiger partial charge in [0.25, 0.3) is 0 Å². The third-order valence-corrected chi connectivity index (χ3v) is 7.05. The molecule has 3 aliphatic heterocycles. The number of benzene rings is 2. The summed E-state index contributed by atoms with van der Waals surface area (Å²) in [6.07, 6.45) is 2.87. The van der Waals surface area contributed by atoms with Crippen molar-refractivity contribution in [3.63, 3.8) is 0 Å². The average Bonchev–Trinajstić information content (AvgIpc) is 3.37. The highest BCUT2D eigenvalue weighted by Crippen LogP contribution is 2.55. The van der Waals surface area contributed by atoms with Crippen LogP contribution in [-0.4, -0.2) is 29.3 Å². The number of carbonyl (C=O) groups excluding carboxylic acids is 2. The highest BCUT2D eigenvalue weighted by atomic mass is 16.2. The number of hydrogen-bond donors (Lipinski definition) is 2. The van der Waals surface area contributed by atoms with Crippen LogP contribution in [0.1, 0.15) is 41.5 Å². The number of fused-ring (bicyclic) bond motifs is 4. The van der Waals surface area contributed by atoms with Gasteiger partial charge in [-0.3, -0.25) is 14.5 Å². The Morgan fingerprint density at radius 3 is 2.93 bits per heavy atom. The van der Waals surface area contributed by atoms with Crippen molar-refractivity contribution in [1.82, 2.24) is 10.2 Å². The maximum atomic E-state index is 13.4. The van der Waals surface area contributed by atoms with Crippen molar-refractivity contribution in [2.45, 2.75) is 51.2 Å². The third-order valence-electron chi connectivity index (χ3n) is 7.05. The summed E-state index contributed by atoms with van der Waals surface area (Å²) in [6.45, 7) is 5.49. The van der Waals surface area contributed by atoms with Crippen molar-refractivity contribution in [1.29, 1.82) is 0 Å². The lowest BCUT2D eigenvalue weighted by atomic mass is 9.78. The fourth-order valence-corrected chi connectivity index (χ4v) is 5.68. The van der Waals surface area contributed by atoms with E-state index >= 15 is 0 Å². The summed E-state index contributed by atoms with van der Waals surface area (Å²) in [6, 6.07) is 14.4. The standard InChI is InChI=1S/C24H27N3O2/c1-15-9-10-16(2)17(12-15)14-25-22(28)20-13-18-6-5-11-27(18)24(20)19-7-3-4-8-21(19)26-23(24)29/h3-4,7-10,12,18,20H,5-6,11,13-14H2,1-2H3,(H,25,28)(H,26,29)/t18-,20+,24+/m1/s1. The largest absolute Gasteiger partial charge is 0.352 e. The number of anilines is 1. The molecule has 2 aromatic carbocycles. The van der Waals surface area contributed by atoms with Gasteiger partial charge in [0.1, 0.15) is 5.54 Å². The highest BCUT2D eigenvalue weighted by molar-refractivity contribution is 6.09. The molecule has 0 unspecified atom stereocenters. The van der Waals surface area contributed by atoms with Gasteiger partial charge in [-0.05, 0) is 56.8 Å². The summed E-state index contributed by atoms with van der Waals surface area (Å²) in [5.74, 6) is -0.441. The molecule has 2 saturated heterocycles. The SMILES string of the molecule is Cc1ccc(C)c(CNC(=O)[C@@H]2C[C@H]3CCCN3[C@]23C(=O)Nc2ccccc23)c1. The zero-order valence-corrected chi connectivity index (χ0v) is 17.0. The fourth-order valence-electron chi connectivity index (χ4n) is 5.68. The number of carbonyl (C=O) groups is 2. The first kappa shape index (κ1) is 18.4. The lowest BCUT2D eigenvalue weighted by molar-refractivity contribution is -0.137. The van der Waals surface area contributed by atoms with E-state index in [1.54, 1.807) is 0 Å². The molecule has 2 aromatic rings. The lowest BCUT2D eigenvalue weighted by Gasteiger charge is -2.36. The zero-order valence-electron chi connectivity index (χ0n) is 17.0. The second-order valence-electron chi connectivity index (χ2n) is 8.69. The summed E-state index contributed by atoms with van der Waals surface area (Å²) in [7, 11) is 0. The van der Waals surface area contributed by atoms with Gasteiger partial charge >= 0.3 is 0 Å². The van der Waals surface area contributed by atoms with Gasteiger partial charge in [-0.25, -0.2) is 0 Å². The maximum absolute atomic E-state index is 13.4. The topological polar surface area (TPSA) is 61.4 Å². The number of rotatable bonds is 3. The molecule has 3 aliphatic rings. The van der Waals surface area contributed by atoms with Gasteiger partial charge < -0.3 is 10.6 Å². The van der Waals surface area contributed by atoms with E-state index in [1.165, 1.54) is 11.1 Å². The average molecular weight is 389 g/mol. The predicted octanol–water partition coefficient (Wildman–Crippen LogP) is 3.25. The Hall–Kier alpha value is -2.66. The monoisotopic (exact) mass is 389 g/mol. The molecule has 0 bridgehead atoms. The molecular weight excluding hydrogens is 362 g/mol. The number of nitrogens with one attached hydrogen (secondary N) is 2. The molecule has 3 heterocycles. The molecule has 29 heavy (non-hydrogen) atoms. The first-order valence-electron chi connectivity index (χ1n) is 10.5. The minimum absolute atomic E-state index is 0.0211. The van der Waals surface area contributed by atoms with E-state index in [0.717, 1.165) is 42.6 Å². The fraction of sp³-hybridized carbons (Fsp3) is 0.417. The Morgan fingerprint density at radius 1 is 1.24 bits per heavy atom. The molecule has 1 spiro atoms. The molecule has 2 N–H and O–H groups in total. The van der Waals surface area contributed by atoms with Crippen LogP contribution in [0.4, 0.5) is 5.69 Å². The van der Waals surface area contributed by atoms with Crippen LogP contribution in [0.25, 0.3) is 0 Å². The van der Waals surface area contributed by atoms with Gasteiger partial charge in [0, 0.05) is 23.8 Å². The first-order chi connectivity index (χ1) is 14.0. The first-order valence-corrected chi connectivity index (χ1v) is 10.5. The Morgan fingerprint density at radius 2 is 2.07 bits per heavy atom. The van der Waals surface area contributed by atoms with Crippen molar-refractivity contribution >= 4 is 17.5 Å². The van der Waals surface area contributed by atoms with Crippen LogP contribution in [0.2, 0.25) is 0 Å². The molecule has 2 fully saturated rings. The van der Waals surface area contributed by atoms with Crippen LogP contribution in [-0.2, 0) is 21.7 Å². The molecule has 5 heteroatoms. The summed E-state index contributed by atoms with van der Waals surface area (Å²) < 4.78 is 0. The van der Waals surface area contributed by atoms with Crippen molar-refractivity contribution in [2.24, 2.45) is 5.92 Å². The quantitative estimate of drug-likeness (QED) is 0.847. The van der Waals surface area contributed by atoms with Crippen LogP contribution >= 0.6 is 0 Å². The Bertz CT molecular complexity index is 1000. The van der Waals surface area contributed by atoms with Crippen LogP contribution in [0.5, 0.6) is 0 Å². The van der Waals surface area contributed by atoms with Crippen LogP contribution in [0, 0.1) is 19.8 Å². The maximum Gasteiger partial charge on any atom is 0.250 e. The van der Waals surface area contributed by atoms with E-state index in [1.807, 2.05) is 24.3 Å². The summed E-state index contributed by atoms with van der Waals surface area (Å²) in [4.78, 5) is 29.1. The Kier molecular flexibility index (Phi) is 4.24. The smallest absolute Gasteiger partial charge is 0.250 e. The Balaban J connectivity index is 1.48. The van der Waals surface area contributed by atoms with Crippen molar-refractivity contribution in [2.75, 3.05) is 11.9 Å². The van der Waals surface area contributed by atoms with E-state index in [-0.39, 0.29) is 17.7 Å². The van der Waals surface area contributed by atoms with Crippen molar-refractivity contribution in [3.8, 4) is 0 Å². The Labute approximate surface area is 171 Å². The van der Waals surface area contributed by atoms with E-state index in [4.69, 9.17) is 0 Å². The summed E-state index contributed by atoms with van der Waals surface area (Å²) in [5.41, 5.74) is 4.41. The summed E-state index contributed by atoms with van der Waals surface area (Å²) in [5, 5.41) is 6.21. The van der Waals surface area contributed by atoms with E-state index in [2.05, 4.69) is 47.6 Å². The number of nitrogens with zero attached hydrogens (tertiary/aromatic N) is 1.